The van der Waals surface area contributed by atoms with Crippen LogP contribution in [0.1, 0.15) is 0 Å². The van der Waals surface area contributed by atoms with Gasteiger partial charge in [0, 0.05) is 0 Å². The molecule has 0 rings (SSSR count). The first-order valence-corrected chi connectivity index (χ1v) is 3.11. The van der Waals surface area contributed by atoms with E-state index in [0.29, 0.717) is 0 Å². The number of hydrogen-bond acceptors (Lipinski definition) is 0. The van der Waals surface area contributed by atoms with Gasteiger partial charge in [-0.05, 0) is 0 Å². The summed E-state index contributed by atoms with van der Waals surface area (Å²) in [5, 5.41) is 0. The van der Waals surface area contributed by atoms with Gasteiger partial charge in [0.05, 0.1) is 0 Å². The molecule has 0 aliphatic carbocycles. The van der Waals surface area contributed by atoms with Crippen molar-refractivity contribution in [3.63, 3.8) is 0 Å². The monoisotopic (exact) mass is 252 g/mol. The molecule has 0 aromatic heterocycles. The second-order valence-corrected chi connectivity index (χ2v) is 2.47. The van der Waals surface area contributed by atoms with Crippen LogP contribution in [-0.4, -0.2) is 30.6 Å². The van der Waals surface area contributed by atoms with E-state index in [1.807, 2.05) is 0 Å². The van der Waals surface area contributed by atoms with Gasteiger partial charge in [-0.1, -0.05) is 0 Å². The van der Waals surface area contributed by atoms with Crippen molar-refractivity contribution in [2.45, 2.75) is 30.6 Å². The Balaban J connectivity index is 4.94. The fourth-order valence-electron chi connectivity index (χ4n) is 0.506. The van der Waals surface area contributed by atoms with Gasteiger partial charge in [0.15, 0.2) is 0 Å². The van der Waals surface area contributed by atoms with E-state index in [9.17, 15) is 43.9 Å². The van der Waals surface area contributed by atoms with Gasteiger partial charge < -0.3 is 0 Å². The highest BCUT2D eigenvalue weighted by Gasteiger charge is 2.69. The van der Waals surface area contributed by atoms with Crippen LogP contribution in [0.25, 0.3) is 0 Å². The number of halogens is 10. The molecule has 0 fully saturated rings. The number of hydrogen-bond donors (Lipinski definition) is 0. The van der Waals surface area contributed by atoms with Crippen LogP contribution < -0.4 is 0 Å². The van der Waals surface area contributed by atoms with Gasteiger partial charge in [-0.25, -0.2) is 8.78 Å². The number of alkyl halides is 10. The lowest BCUT2D eigenvalue weighted by Crippen LogP contribution is -2.52. The van der Waals surface area contributed by atoms with Crippen molar-refractivity contribution < 1.29 is 43.9 Å². The Morgan fingerprint density at radius 3 is 1.13 bits per heavy atom. The van der Waals surface area contributed by atoms with Crippen molar-refractivity contribution in [3.8, 4) is 0 Å². The summed E-state index contributed by atoms with van der Waals surface area (Å²) in [5.74, 6) is -6.39. The lowest BCUT2D eigenvalue weighted by molar-refractivity contribution is -0.324. The Morgan fingerprint density at radius 2 is 0.933 bits per heavy atom. The van der Waals surface area contributed by atoms with Crippen LogP contribution >= 0.6 is 0 Å². The van der Waals surface area contributed by atoms with E-state index in [2.05, 4.69) is 0 Å². The van der Waals surface area contributed by atoms with Crippen LogP contribution in [0.4, 0.5) is 43.9 Å². The van der Waals surface area contributed by atoms with Crippen LogP contribution in [0, 0.1) is 0 Å². The second kappa shape index (κ2) is 3.71. The third-order valence-corrected chi connectivity index (χ3v) is 1.29. The van der Waals surface area contributed by atoms with Crippen LogP contribution in [-0.2, 0) is 0 Å². The molecule has 2 atom stereocenters. The Labute approximate surface area is 75.9 Å². The molecule has 0 aromatic carbocycles. The maximum Gasteiger partial charge on any atom is 0.456 e. The molecule has 0 aliphatic heterocycles. The van der Waals surface area contributed by atoms with Crippen molar-refractivity contribution in [2.75, 3.05) is 0 Å². The second-order valence-electron chi connectivity index (χ2n) is 2.47. The number of rotatable bonds is 2. The zero-order valence-corrected chi connectivity index (χ0v) is 6.43. The van der Waals surface area contributed by atoms with Crippen LogP contribution in [0.3, 0.4) is 0 Å². The lowest BCUT2D eigenvalue weighted by Gasteiger charge is -2.26. The lowest BCUT2D eigenvalue weighted by atomic mass is 10.1. The Bertz CT molecular complexity index is 211. The average Bonchev–Trinajstić information content (AvgIpc) is 1.97. The molecule has 10 heteroatoms. The van der Waals surface area contributed by atoms with Crippen molar-refractivity contribution in [1.29, 1.82) is 0 Å². The van der Waals surface area contributed by atoms with Crippen molar-refractivity contribution >= 4 is 0 Å². The predicted molar refractivity (Wildman–Crippen MR) is 26.8 cm³/mol. The molecule has 0 unspecified atom stereocenters. The molecule has 0 radical (unpaired) electrons. The summed E-state index contributed by atoms with van der Waals surface area (Å²) in [5.41, 5.74) is 0. The predicted octanol–water partition coefficient (Wildman–Crippen LogP) is 3.42. The molecule has 0 spiro atoms. The maximum absolute atomic E-state index is 12.0. The van der Waals surface area contributed by atoms with E-state index in [-0.39, 0.29) is 0 Å². The SMILES string of the molecule is F[C@H]([C@H](F)C(F)(F)C(F)(F)F)C(F)(F)F. The van der Waals surface area contributed by atoms with Gasteiger partial charge >= 0.3 is 18.3 Å². The van der Waals surface area contributed by atoms with Gasteiger partial charge in [0.2, 0.25) is 12.3 Å². The zero-order valence-electron chi connectivity index (χ0n) is 6.43. The van der Waals surface area contributed by atoms with Gasteiger partial charge in [-0.2, -0.15) is 35.1 Å². The van der Waals surface area contributed by atoms with Gasteiger partial charge in [-0.3, -0.25) is 0 Å². The van der Waals surface area contributed by atoms with Gasteiger partial charge in [0.25, 0.3) is 0 Å². The van der Waals surface area contributed by atoms with E-state index in [0.717, 1.165) is 0 Å². The normalized spacial score (nSPS) is 18.8. The largest absolute Gasteiger partial charge is 0.456 e. The quantitative estimate of drug-likeness (QED) is 0.660. The highest BCUT2D eigenvalue weighted by molar-refractivity contribution is 4.91. The van der Waals surface area contributed by atoms with Crippen LogP contribution in [0.5, 0.6) is 0 Å². The molecule has 0 bridgehead atoms. The molecule has 15 heavy (non-hydrogen) atoms. The standard InChI is InChI=1S/C5H2F10/c6-1(2(7)4(10,11)12)3(8,9)5(13,14)15/h1-2H/t1-,2+/m0/s1. The summed E-state index contributed by atoms with van der Waals surface area (Å²) in [6, 6.07) is 0. The van der Waals surface area contributed by atoms with Crippen molar-refractivity contribution in [1.82, 2.24) is 0 Å². The minimum atomic E-state index is -6.58. The van der Waals surface area contributed by atoms with E-state index < -0.39 is 30.6 Å². The van der Waals surface area contributed by atoms with Gasteiger partial charge in [0.1, 0.15) is 0 Å². The first-order chi connectivity index (χ1) is 6.32. The summed E-state index contributed by atoms with van der Waals surface area (Å²) >= 11 is 0. The summed E-state index contributed by atoms with van der Waals surface area (Å²) in [6.45, 7) is 0. The van der Waals surface area contributed by atoms with Crippen molar-refractivity contribution in [2.24, 2.45) is 0 Å². The molecule has 0 heterocycles. The van der Waals surface area contributed by atoms with Crippen LogP contribution in [0.15, 0.2) is 0 Å². The molecular weight excluding hydrogens is 250 g/mol. The molecule has 0 nitrogen and oxygen atoms in total. The highest BCUT2D eigenvalue weighted by atomic mass is 19.4. The van der Waals surface area contributed by atoms with E-state index in [1.165, 1.54) is 0 Å². The third kappa shape index (κ3) is 2.88. The molecule has 92 valence electrons. The first kappa shape index (κ1) is 14.3. The maximum atomic E-state index is 12.0. The van der Waals surface area contributed by atoms with E-state index >= 15 is 0 Å². The zero-order chi connectivity index (χ0) is 12.7. The first-order valence-electron chi connectivity index (χ1n) is 3.11. The van der Waals surface area contributed by atoms with Gasteiger partial charge in [-0.15, -0.1) is 0 Å². The summed E-state index contributed by atoms with van der Waals surface area (Å²) in [6.07, 6.45) is -22.6. The third-order valence-electron chi connectivity index (χ3n) is 1.29. The topological polar surface area (TPSA) is 0 Å². The van der Waals surface area contributed by atoms with Crippen LogP contribution in [0.2, 0.25) is 0 Å². The Morgan fingerprint density at radius 1 is 0.600 bits per heavy atom. The highest BCUT2D eigenvalue weighted by Crippen LogP contribution is 2.43. The molecule has 0 N–H and O–H groups in total. The minimum Gasteiger partial charge on any atom is -0.237 e. The fourth-order valence-corrected chi connectivity index (χ4v) is 0.506. The molecule has 0 saturated heterocycles. The van der Waals surface area contributed by atoms with E-state index in [4.69, 9.17) is 0 Å². The van der Waals surface area contributed by atoms with Crippen molar-refractivity contribution in [3.05, 3.63) is 0 Å². The minimum absolute atomic E-state index is 4.89. The van der Waals surface area contributed by atoms with E-state index in [1.54, 1.807) is 0 Å². The molecule has 0 aromatic rings. The fraction of sp³-hybridized carbons (Fsp3) is 1.00. The molecular formula is C5H2F10. The molecule has 0 aliphatic rings. The Hall–Kier alpha value is -0.700. The summed E-state index contributed by atoms with van der Waals surface area (Å²) in [7, 11) is 0. The Kier molecular flexibility index (Phi) is 3.53. The smallest absolute Gasteiger partial charge is 0.237 e. The molecule has 0 amide bonds. The summed E-state index contributed by atoms with van der Waals surface area (Å²) < 4.78 is 115. The summed E-state index contributed by atoms with van der Waals surface area (Å²) in [4.78, 5) is 0. The molecule has 0 saturated carbocycles. The average molecular weight is 252 g/mol.